The van der Waals surface area contributed by atoms with Gasteiger partial charge in [-0.2, -0.15) is 0 Å². The van der Waals surface area contributed by atoms with E-state index >= 15 is 0 Å². The molecule has 1 aromatic heterocycles. The monoisotopic (exact) mass is 493 g/mol. The average Bonchev–Trinajstić information content (AvgIpc) is 2.70. The van der Waals surface area contributed by atoms with Crippen molar-refractivity contribution < 1.29 is 33.3 Å². The Morgan fingerprint density at radius 3 is 2.23 bits per heavy atom. The number of H-pyrrole nitrogens is 1. The van der Waals surface area contributed by atoms with Crippen LogP contribution in [0.1, 0.15) is 32.0 Å². The number of halogens is 3. The number of aromatic nitrogens is 1. The van der Waals surface area contributed by atoms with Gasteiger partial charge in [0.2, 0.25) is 0 Å². The molecule has 0 unspecified atom stereocenters. The van der Waals surface area contributed by atoms with Crippen molar-refractivity contribution in [2.45, 2.75) is 13.5 Å². The predicted octanol–water partition coefficient (Wildman–Crippen LogP) is 4.37. The summed E-state index contributed by atoms with van der Waals surface area (Å²) < 4.78 is 32.7. The van der Waals surface area contributed by atoms with E-state index in [1.165, 1.54) is 25.1 Å². The fraction of sp³-hybridized carbons (Fsp3) is 0.0952. The fourth-order valence-corrected chi connectivity index (χ4v) is 3.37. The molecule has 0 aliphatic rings. The minimum absolute atomic E-state index is 0.0164. The zero-order valence-corrected chi connectivity index (χ0v) is 17.4. The molecule has 0 spiro atoms. The largest absolute Gasteiger partial charge is 0.487 e. The van der Waals surface area contributed by atoms with Crippen LogP contribution in [0.5, 0.6) is 5.75 Å². The Morgan fingerprint density at radius 2 is 1.68 bits per heavy atom. The van der Waals surface area contributed by atoms with E-state index in [-0.39, 0.29) is 50.3 Å². The van der Waals surface area contributed by atoms with Gasteiger partial charge in [0.1, 0.15) is 28.5 Å². The van der Waals surface area contributed by atoms with Crippen LogP contribution < -0.4 is 10.3 Å². The lowest BCUT2D eigenvalue weighted by atomic mass is 9.98. The summed E-state index contributed by atoms with van der Waals surface area (Å²) in [5, 5.41) is 18.7. The number of carboxylic acid groups (broad SMARTS) is 2. The Bertz CT molecular complexity index is 1240. The number of pyridine rings is 1. The first-order valence-electron chi connectivity index (χ1n) is 8.69. The van der Waals surface area contributed by atoms with Crippen LogP contribution in [0, 0.1) is 18.6 Å². The number of rotatable bonds is 6. The van der Waals surface area contributed by atoms with Crippen molar-refractivity contribution in [1.82, 2.24) is 4.98 Å². The summed E-state index contributed by atoms with van der Waals surface area (Å²) >= 11 is 3.11. The molecule has 3 N–H and O–H groups in total. The highest BCUT2D eigenvalue weighted by Gasteiger charge is 2.21. The maximum absolute atomic E-state index is 14.0. The van der Waals surface area contributed by atoms with Crippen LogP contribution in [0.3, 0.4) is 0 Å². The number of carbonyl (C=O) groups is 2. The van der Waals surface area contributed by atoms with Crippen molar-refractivity contribution in [2.24, 2.45) is 0 Å². The molecule has 7 nitrogen and oxygen atoms in total. The molecule has 3 aromatic rings. The molecular formula is C21H14BrF2NO6. The highest BCUT2D eigenvalue weighted by molar-refractivity contribution is 9.10. The number of hydrogen-bond donors (Lipinski definition) is 3. The second kappa shape index (κ2) is 8.68. The SMILES string of the molecule is Cc1[nH]c(=O)c(Br)c(OCc2ccc(F)cc2F)c1-c1cc(C(=O)O)cc(C(=O)O)c1. The first-order chi connectivity index (χ1) is 14.6. The zero-order chi connectivity index (χ0) is 22.9. The summed E-state index contributed by atoms with van der Waals surface area (Å²) in [6.07, 6.45) is 0. The third-order valence-electron chi connectivity index (χ3n) is 4.40. The number of aromatic amines is 1. The number of nitrogens with one attached hydrogen (secondary N) is 1. The Morgan fingerprint density at radius 1 is 1.06 bits per heavy atom. The smallest absolute Gasteiger partial charge is 0.335 e. The van der Waals surface area contributed by atoms with Gasteiger partial charge < -0.3 is 19.9 Å². The van der Waals surface area contributed by atoms with Crippen LogP contribution in [-0.4, -0.2) is 27.1 Å². The normalized spacial score (nSPS) is 10.7. The van der Waals surface area contributed by atoms with E-state index in [1.54, 1.807) is 0 Å². The van der Waals surface area contributed by atoms with Gasteiger partial charge in [-0.15, -0.1) is 0 Å². The van der Waals surface area contributed by atoms with Crippen molar-refractivity contribution in [3.63, 3.8) is 0 Å². The van der Waals surface area contributed by atoms with Gasteiger partial charge >= 0.3 is 11.9 Å². The number of ether oxygens (including phenoxy) is 1. The molecule has 0 aliphatic carbocycles. The van der Waals surface area contributed by atoms with Crippen LogP contribution in [0.15, 0.2) is 45.7 Å². The molecule has 0 bridgehead atoms. The molecule has 0 radical (unpaired) electrons. The van der Waals surface area contributed by atoms with E-state index < -0.39 is 29.1 Å². The van der Waals surface area contributed by atoms with Gasteiger partial charge in [-0.3, -0.25) is 4.79 Å². The molecule has 0 aliphatic heterocycles. The predicted molar refractivity (Wildman–Crippen MR) is 110 cm³/mol. The Hall–Kier alpha value is -3.53. The first kappa shape index (κ1) is 22.2. The topological polar surface area (TPSA) is 117 Å². The third kappa shape index (κ3) is 4.64. The quantitative estimate of drug-likeness (QED) is 0.469. The molecular weight excluding hydrogens is 480 g/mol. The molecule has 1 heterocycles. The molecule has 0 saturated heterocycles. The zero-order valence-electron chi connectivity index (χ0n) is 15.8. The molecule has 3 rings (SSSR count). The number of aryl methyl sites for hydroxylation is 1. The van der Waals surface area contributed by atoms with Crippen LogP contribution in [0.25, 0.3) is 11.1 Å². The maximum Gasteiger partial charge on any atom is 0.335 e. The van der Waals surface area contributed by atoms with Crippen LogP contribution >= 0.6 is 15.9 Å². The van der Waals surface area contributed by atoms with E-state index in [2.05, 4.69) is 20.9 Å². The Kier molecular flexibility index (Phi) is 6.21. The maximum atomic E-state index is 14.0. The van der Waals surface area contributed by atoms with Crippen LogP contribution in [0.2, 0.25) is 0 Å². The third-order valence-corrected chi connectivity index (χ3v) is 5.12. The van der Waals surface area contributed by atoms with Crippen LogP contribution in [0.4, 0.5) is 8.78 Å². The first-order valence-corrected chi connectivity index (χ1v) is 9.49. The molecule has 0 fully saturated rings. The Labute approximate surface area is 182 Å². The molecule has 0 saturated carbocycles. The number of aromatic carboxylic acids is 2. The molecule has 0 amide bonds. The van der Waals surface area contributed by atoms with E-state index in [9.17, 15) is 33.4 Å². The van der Waals surface area contributed by atoms with Gasteiger partial charge in [-0.05, 0) is 58.7 Å². The van der Waals surface area contributed by atoms with E-state index in [1.807, 2.05) is 0 Å². The number of benzene rings is 2. The molecule has 0 atom stereocenters. The van der Waals surface area contributed by atoms with Gasteiger partial charge in [0.05, 0.1) is 11.1 Å². The van der Waals surface area contributed by atoms with Gasteiger partial charge in [0.15, 0.2) is 0 Å². The summed E-state index contributed by atoms with van der Waals surface area (Å²) in [4.78, 5) is 37.7. The summed E-state index contributed by atoms with van der Waals surface area (Å²) in [6, 6.07) is 6.38. The number of hydrogen-bond acceptors (Lipinski definition) is 4. The van der Waals surface area contributed by atoms with Crippen molar-refractivity contribution in [3.05, 3.63) is 85.2 Å². The lowest BCUT2D eigenvalue weighted by Gasteiger charge is -2.17. The minimum atomic E-state index is -1.35. The summed E-state index contributed by atoms with van der Waals surface area (Å²) in [5.41, 5.74) is -0.492. The van der Waals surface area contributed by atoms with E-state index in [0.717, 1.165) is 12.1 Å². The molecule has 10 heteroatoms. The Balaban J connectivity index is 2.17. The van der Waals surface area contributed by atoms with Crippen molar-refractivity contribution in [2.75, 3.05) is 0 Å². The average molecular weight is 494 g/mol. The lowest BCUT2D eigenvalue weighted by molar-refractivity contribution is 0.0696. The van der Waals surface area contributed by atoms with Gasteiger partial charge in [0.25, 0.3) is 5.56 Å². The number of carboxylic acids is 2. The molecule has 2 aromatic carbocycles. The van der Waals surface area contributed by atoms with Gasteiger partial charge in [-0.25, -0.2) is 18.4 Å². The lowest BCUT2D eigenvalue weighted by Crippen LogP contribution is -2.13. The summed E-state index contributed by atoms with van der Waals surface area (Å²) in [7, 11) is 0. The molecule has 31 heavy (non-hydrogen) atoms. The minimum Gasteiger partial charge on any atom is -0.487 e. The summed E-state index contributed by atoms with van der Waals surface area (Å²) in [5.74, 6) is -4.35. The van der Waals surface area contributed by atoms with Gasteiger partial charge in [0, 0.05) is 22.9 Å². The molecule has 160 valence electrons. The van der Waals surface area contributed by atoms with Crippen molar-refractivity contribution in [1.29, 1.82) is 0 Å². The fourth-order valence-electron chi connectivity index (χ4n) is 2.96. The van der Waals surface area contributed by atoms with Gasteiger partial charge in [-0.1, -0.05) is 0 Å². The summed E-state index contributed by atoms with van der Waals surface area (Å²) in [6.45, 7) is 1.15. The highest BCUT2D eigenvalue weighted by atomic mass is 79.9. The van der Waals surface area contributed by atoms with Crippen molar-refractivity contribution in [3.8, 4) is 16.9 Å². The highest BCUT2D eigenvalue weighted by Crippen LogP contribution is 2.37. The standard InChI is InChI=1S/C21H14BrF2NO6/c1-9-16(11-4-12(20(27)28)6-13(5-11)21(29)30)18(17(22)19(26)25-9)31-8-10-2-3-14(23)7-15(10)24/h2-7H,8H2,1H3,(H,25,26)(H,27,28)(H,29,30). The second-order valence-electron chi connectivity index (χ2n) is 6.53. The second-order valence-corrected chi connectivity index (χ2v) is 7.32. The van der Waals surface area contributed by atoms with Crippen LogP contribution in [-0.2, 0) is 6.61 Å². The van der Waals surface area contributed by atoms with Crippen molar-refractivity contribution >= 4 is 27.9 Å². The van der Waals surface area contributed by atoms with E-state index in [0.29, 0.717) is 6.07 Å². The van der Waals surface area contributed by atoms with E-state index in [4.69, 9.17) is 4.74 Å².